The summed E-state index contributed by atoms with van der Waals surface area (Å²) >= 11 is 1.80. The minimum atomic E-state index is -0.454. The first kappa shape index (κ1) is 22.9. The van der Waals surface area contributed by atoms with E-state index in [9.17, 15) is 4.79 Å². The van der Waals surface area contributed by atoms with E-state index in [-0.39, 0.29) is 12.1 Å². The number of likely N-dealkylation sites (tertiary alicyclic amines) is 1. The average Bonchev–Trinajstić information content (AvgIpc) is 3.35. The number of piperidine rings is 1. The minimum Gasteiger partial charge on any atom is -0.444 e. The lowest BCUT2D eigenvalue weighted by molar-refractivity contribution is 0.00928. The molecule has 6 nitrogen and oxygen atoms in total. The summed E-state index contributed by atoms with van der Waals surface area (Å²) in [6, 6.07) is 4.55. The summed E-state index contributed by atoms with van der Waals surface area (Å²) in [5, 5.41) is 5.67. The number of carbonyl (C=O) groups is 1. The number of nitrogens with zero attached hydrogens (tertiary/aromatic N) is 3. The maximum Gasteiger partial charge on any atom is 0.410 e. The zero-order valence-electron chi connectivity index (χ0n) is 19.2. The molecule has 1 aliphatic carbocycles. The standard InChI is InChI=1S/C23H38N4O2S/c1-17(20-7-6-14-30-20)15-25-21(24-5)26-12-10-19(11-13-26)27(16-18-8-9-18)22(28)29-23(2,3)4/h6-7,14,17-19H,8-13,15-16H2,1-5H3,(H,24,25). The van der Waals surface area contributed by atoms with Crippen molar-refractivity contribution in [3.8, 4) is 0 Å². The van der Waals surface area contributed by atoms with Gasteiger partial charge in [-0.15, -0.1) is 11.3 Å². The molecule has 30 heavy (non-hydrogen) atoms. The Bertz CT molecular complexity index is 701. The molecule has 2 fully saturated rings. The smallest absolute Gasteiger partial charge is 0.410 e. The lowest BCUT2D eigenvalue weighted by Gasteiger charge is -2.40. The first-order valence-corrected chi connectivity index (χ1v) is 12.1. The summed E-state index contributed by atoms with van der Waals surface area (Å²) in [5.74, 6) is 2.08. The number of nitrogens with one attached hydrogen (secondary N) is 1. The molecule has 1 aliphatic heterocycles. The Morgan fingerprint density at radius 1 is 1.33 bits per heavy atom. The zero-order valence-corrected chi connectivity index (χ0v) is 20.0. The molecule has 7 heteroatoms. The Kier molecular flexibility index (Phi) is 7.66. The lowest BCUT2D eigenvalue weighted by atomic mass is 10.0. The Morgan fingerprint density at radius 2 is 2.03 bits per heavy atom. The number of thiophene rings is 1. The van der Waals surface area contributed by atoms with E-state index in [1.165, 1.54) is 17.7 Å². The predicted molar refractivity (Wildman–Crippen MR) is 124 cm³/mol. The van der Waals surface area contributed by atoms with Gasteiger partial charge in [0.05, 0.1) is 0 Å². The maximum absolute atomic E-state index is 12.8. The quantitative estimate of drug-likeness (QED) is 0.528. The van der Waals surface area contributed by atoms with Gasteiger partial charge in [-0.25, -0.2) is 4.79 Å². The largest absolute Gasteiger partial charge is 0.444 e. The lowest BCUT2D eigenvalue weighted by Crippen LogP contribution is -2.52. The van der Waals surface area contributed by atoms with Crippen LogP contribution in [0.4, 0.5) is 4.79 Å². The van der Waals surface area contributed by atoms with E-state index >= 15 is 0 Å². The van der Waals surface area contributed by atoms with Crippen LogP contribution in [0, 0.1) is 5.92 Å². The SMILES string of the molecule is CN=C(NCC(C)c1cccs1)N1CCC(N(CC2CC2)C(=O)OC(C)(C)C)CC1. The molecule has 3 rings (SSSR count). The topological polar surface area (TPSA) is 57.2 Å². The van der Waals surface area contributed by atoms with E-state index in [1.807, 2.05) is 32.7 Å². The van der Waals surface area contributed by atoms with Gasteiger partial charge in [-0.2, -0.15) is 0 Å². The van der Waals surface area contributed by atoms with Gasteiger partial charge in [-0.05, 0) is 63.8 Å². The molecule has 1 N–H and O–H groups in total. The van der Waals surface area contributed by atoms with Crippen molar-refractivity contribution in [1.29, 1.82) is 0 Å². The summed E-state index contributed by atoms with van der Waals surface area (Å²) in [7, 11) is 1.85. The van der Waals surface area contributed by atoms with E-state index in [2.05, 4.69) is 39.6 Å². The summed E-state index contributed by atoms with van der Waals surface area (Å²) in [4.78, 5) is 23.1. The van der Waals surface area contributed by atoms with Crippen LogP contribution in [0.2, 0.25) is 0 Å². The van der Waals surface area contributed by atoms with Gasteiger partial charge in [0, 0.05) is 50.1 Å². The molecule has 1 aromatic rings. The average molecular weight is 435 g/mol. The fraction of sp³-hybridized carbons (Fsp3) is 0.739. The Labute approximate surface area is 185 Å². The van der Waals surface area contributed by atoms with Crippen molar-refractivity contribution in [1.82, 2.24) is 15.1 Å². The van der Waals surface area contributed by atoms with Gasteiger partial charge < -0.3 is 19.9 Å². The van der Waals surface area contributed by atoms with Crippen LogP contribution in [-0.2, 0) is 4.74 Å². The third-order valence-corrected chi connectivity index (χ3v) is 6.90. The Hall–Kier alpha value is -1.76. The van der Waals surface area contributed by atoms with Gasteiger partial charge in [-0.3, -0.25) is 4.99 Å². The second-order valence-corrected chi connectivity index (χ2v) is 10.6. The molecule has 2 heterocycles. The molecule has 1 amide bonds. The van der Waals surface area contributed by atoms with Gasteiger partial charge >= 0.3 is 6.09 Å². The van der Waals surface area contributed by atoms with E-state index in [0.29, 0.717) is 11.8 Å². The third kappa shape index (κ3) is 6.62. The van der Waals surface area contributed by atoms with Crippen LogP contribution in [0.5, 0.6) is 0 Å². The van der Waals surface area contributed by atoms with Gasteiger partial charge in [0.15, 0.2) is 5.96 Å². The molecule has 1 atom stereocenters. The fourth-order valence-electron chi connectivity index (χ4n) is 3.91. The first-order chi connectivity index (χ1) is 14.3. The van der Waals surface area contributed by atoms with Crippen LogP contribution in [0.25, 0.3) is 0 Å². The summed E-state index contributed by atoms with van der Waals surface area (Å²) in [6.45, 7) is 11.6. The highest BCUT2D eigenvalue weighted by Crippen LogP contribution is 2.32. The van der Waals surface area contributed by atoms with Crippen molar-refractivity contribution >= 4 is 23.4 Å². The molecule has 1 unspecified atom stereocenters. The second kappa shape index (κ2) is 10.0. The van der Waals surface area contributed by atoms with E-state index in [4.69, 9.17) is 4.74 Å². The van der Waals surface area contributed by atoms with E-state index in [0.717, 1.165) is 45.0 Å². The van der Waals surface area contributed by atoms with E-state index < -0.39 is 5.60 Å². The highest BCUT2D eigenvalue weighted by Gasteiger charge is 2.35. The molecular weight excluding hydrogens is 396 g/mol. The Balaban J connectivity index is 1.52. The molecule has 1 saturated carbocycles. The number of amides is 1. The molecule has 2 aliphatic rings. The van der Waals surface area contributed by atoms with E-state index in [1.54, 1.807) is 11.3 Å². The van der Waals surface area contributed by atoms with Gasteiger partial charge in [0.2, 0.25) is 0 Å². The third-order valence-electron chi connectivity index (χ3n) is 5.79. The van der Waals surface area contributed by atoms with Gasteiger partial charge in [0.1, 0.15) is 5.60 Å². The minimum absolute atomic E-state index is 0.153. The summed E-state index contributed by atoms with van der Waals surface area (Å²) in [5.41, 5.74) is -0.454. The summed E-state index contributed by atoms with van der Waals surface area (Å²) < 4.78 is 5.72. The molecule has 0 spiro atoms. The van der Waals surface area contributed by atoms with Crippen molar-refractivity contribution in [2.45, 2.75) is 70.9 Å². The number of ether oxygens (including phenoxy) is 1. The number of hydrogen-bond acceptors (Lipinski definition) is 4. The predicted octanol–water partition coefficient (Wildman–Crippen LogP) is 4.54. The maximum atomic E-state index is 12.8. The number of carbonyl (C=O) groups excluding carboxylic acids is 1. The van der Waals surface area contributed by atoms with Crippen molar-refractivity contribution < 1.29 is 9.53 Å². The van der Waals surface area contributed by atoms with Crippen molar-refractivity contribution in [3.63, 3.8) is 0 Å². The first-order valence-electron chi connectivity index (χ1n) is 11.3. The highest BCUT2D eigenvalue weighted by molar-refractivity contribution is 7.10. The van der Waals surface area contributed by atoms with Crippen LogP contribution >= 0.6 is 11.3 Å². The van der Waals surface area contributed by atoms with Crippen LogP contribution in [0.3, 0.4) is 0 Å². The molecule has 0 bridgehead atoms. The molecule has 168 valence electrons. The normalized spacial score (nSPS) is 19.5. The number of guanidine groups is 1. The monoisotopic (exact) mass is 434 g/mol. The van der Waals surface area contributed by atoms with Crippen LogP contribution in [0.1, 0.15) is 64.2 Å². The molecular formula is C23H38N4O2S. The molecule has 1 saturated heterocycles. The van der Waals surface area contributed by atoms with Crippen molar-refractivity contribution in [2.75, 3.05) is 33.2 Å². The van der Waals surface area contributed by atoms with Gasteiger partial charge in [0.25, 0.3) is 0 Å². The molecule has 0 aromatic carbocycles. The number of hydrogen-bond donors (Lipinski definition) is 1. The van der Waals surface area contributed by atoms with Crippen LogP contribution in [-0.4, -0.2) is 66.7 Å². The Morgan fingerprint density at radius 3 is 2.57 bits per heavy atom. The van der Waals surface area contributed by atoms with Crippen molar-refractivity contribution in [3.05, 3.63) is 22.4 Å². The fourth-order valence-corrected chi connectivity index (χ4v) is 4.70. The molecule has 0 radical (unpaired) electrons. The summed E-state index contributed by atoms with van der Waals surface area (Å²) in [6.07, 6.45) is 4.22. The van der Waals surface area contributed by atoms with Gasteiger partial charge in [-0.1, -0.05) is 13.0 Å². The van der Waals surface area contributed by atoms with Crippen LogP contribution in [0.15, 0.2) is 22.5 Å². The zero-order chi connectivity index (χ0) is 21.7. The molecule has 1 aromatic heterocycles. The van der Waals surface area contributed by atoms with Crippen LogP contribution < -0.4 is 5.32 Å². The highest BCUT2D eigenvalue weighted by atomic mass is 32.1. The number of aliphatic imine (C=N–C) groups is 1. The number of rotatable bonds is 6. The second-order valence-electron chi connectivity index (χ2n) is 9.64. The van der Waals surface area contributed by atoms with Crippen molar-refractivity contribution in [2.24, 2.45) is 10.9 Å².